The third-order valence-corrected chi connectivity index (χ3v) is 4.07. The molecule has 1 aliphatic rings. The number of aromatic nitrogens is 2. The van der Waals surface area contributed by atoms with E-state index in [1.807, 2.05) is 13.8 Å². The molecule has 1 heterocycles. The zero-order chi connectivity index (χ0) is 13.3. The molecular weight excluding hydrogens is 246 g/mol. The maximum Gasteiger partial charge on any atom is 0.171 e. The van der Waals surface area contributed by atoms with Gasteiger partial charge in [-0.2, -0.15) is 0 Å². The molecule has 0 aromatic carbocycles. The fourth-order valence-electron chi connectivity index (χ4n) is 2.68. The van der Waals surface area contributed by atoms with Gasteiger partial charge >= 0.3 is 0 Å². The van der Waals surface area contributed by atoms with Gasteiger partial charge in [-0.1, -0.05) is 31.9 Å². The van der Waals surface area contributed by atoms with Crippen molar-refractivity contribution in [1.82, 2.24) is 9.97 Å². The van der Waals surface area contributed by atoms with Gasteiger partial charge in [-0.3, -0.25) is 0 Å². The van der Waals surface area contributed by atoms with Gasteiger partial charge in [0.25, 0.3) is 0 Å². The Bertz CT molecular complexity index is 443. The molecule has 1 N–H and O–H groups in total. The molecule has 2 rings (SSSR count). The first-order valence-corrected chi connectivity index (χ1v) is 7.02. The van der Waals surface area contributed by atoms with Crippen LogP contribution in [-0.2, 0) is 0 Å². The molecule has 3 nitrogen and oxygen atoms in total. The number of halogens is 1. The Labute approximate surface area is 114 Å². The monoisotopic (exact) mass is 267 g/mol. The Morgan fingerprint density at radius 1 is 1.22 bits per heavy atom. The number of nitrogens with one attached hydrogen (secondary N) is 1. The molecule has 100 valence electrons. The zero-order valence-corrected chi connectivity index (χ0v) is 12.4. The molecule has 0 saturated heterocycles. The summed E-state index contributed by atoms with van der Waals surface area (Å²) in [5.74, 6) is 0.738. The van der Waals surface area contributed by atoms with E-state index in [0.717, 1.165) is 23.6 Å². The highest BCUT2D eigenvalue weighted by molar-refractivity contribution is 6.31. The van der Waals surface area contributed by atoms with Crippen molar-refractivity contribution in [3.63, 3.8) is 0 Å². The van der Waals surface area contributed by atoms with Crippen LogP contribution in [0.5, 0.6) is 0 Å². The average Bonchev–Trinajstić information content (AvgIpc) is 2.24. The number of anilines is 1. The quantitative estimate of drug-likeness (QED) is 0.876. The van der Waals surface area contributed by atoms with Crippen LogP contribution in [-0.4, -0.2) is 16.0 Å². The molecule has 1 atom stereocenters. The molecule has 0 spiro atoms. The number of hydrogen-bond donors (Lipinski definition) is 1. The predicted octanol–water partition coefficient (Wildman–Crippen LogP) is 4.13. The summed E-state index contributed by atoms with van der Waals surface area (Å²) >= 11 is 6.16. The van der Waals surface area contributed by atoms with E-state index in [1.54, 1.807) is 0 Å². The van der Waals surface area contributed by atoms with Gasteiger partial charge in [0.05, 0.1) is 11.4 Å². The topological polar surface area (TPSA) is 37.8 Å². The van der Waals surface area contributed by atoms with Crippen LogP contribution in [0.3, 0.4) is 0 Å². The lowest BCUT2D eigenvalue weighted by Crippen LogP contribution is -2.32. The molecule has 1 fully saturated rings. The van der Waals surface area contributed by atoms with Crippen LogP contribution in [0, 0.1) is 19.3 Å². The Hall–Kier alpha value is -0.830. The zero-order valence-electron chi connectivity index (χ0n) is 11.7. The van der Waals surface area contributed by atoms with Crippen LogP contribution in [0.2, 0.25) is 5.15 Å². The first kappa shape index (κ1) is 13.6. The Kier molecular flexibility index (Phi) is 3.81. The molecule has 1 aromatic rings. The molecular formula is C14H22ClN3. The third-order valence-electron chi connectivity index (χ3n) is 3.81. The Balaban J connectivity index is 2.12. The van der Waals surface area contributed by atoms with Crippen molar-refractivity contribution < 1.29 is 0 Å². The van der Waals surface area contributed by atoms with Crippen LogP contribution in [0.1, 0.15) is 50.9 Å². The smallest absolute Gasteiger partial charge is 0.171 e. The molecule has 1 saturated carbocycles. The molecule has 4 heteroatoms. The SMILES string of the molecule is Cc1nc(Cl)c(NC2CCCC(C)(C)C2)nc1C. The second kappa shape index (κ2) is 5.04. The normalized spacial score (nSPS) is 22.8. The minimum absolute atomic E-state index is 0.412. The van der Waals surface area contributed by atoms with Crippen LogP contribution in [0.4, 0.5) is 5.82 Å². The fraction of sp³-hybridized carbons (Fsp3) is 0.714. The largest absolute Gasteiger partial charge is 0.365 e. The highest BCUT2D eigenvalue weighted by Crippen LogP contribution is 2.36. The predicted molar refractivity (Wildman–Crippen MR) is 76.2 cm³/mol. The van der Waals surface area contributed by atoms with Gasteiger partial charge in [0.15, 0.2) is 11.0 Å². The summed E-state index contributed by atoms with van der Waals surface area (Å²) < 4.78 is 0. The fourth-order valence-corrected chi connectivity index (χ4v) is 2.91. The van der Waals surface area contributed by atoms with Crippen molar-refractivity contribution in [1.29, 1.82) is 0 Å². The van der Waals surface area contributed by atoms with E-state index in [4.69, 9.17) is 11.6 Å². The molecule has 1 aromatic heterocycles. The molecule has 1 aliphatic carbocycles. The minimum Gasteiger partial charge on any atom is -0.365 e. The van der Waals surface area contributed by atoms with Crippen molar-refractivity contribution in [3.8, 4) is 0 Å². The lowest BCUT2D eigenvalue weighted by Gasteiger charge is -2.35. The molecule has 0 bridgehead atoms. The van der Waals surface area contributed by atoms with Crippen molar-refractivity contribution in [3.05, 3.63) is 16.5 Å². The summed E-state index contributed by atoms with van der Waals surface area (Å²) in [7, 11) is 0. The molecule has 0 amide bonds. The lowest BCUT2D eigenvalue weighted by molar-refractivity contribution is 0.229. The Morgan fingerprint density at radius 3 is 2.56 bits per heavy atom. The molecule has 18 heavy (non-hydrogen) atoms. The summed E-state index contributed by atoms with van der Waals surface area (Å²) in [6, 6.07) is 0.461. The third kappa shape index (κ3) is 3.14. The summed E-state index contributed by atoms with van der Waals surface area (Å²) in [5.41, 5.74) is 2.25. The van der Waals surface area contributed by atoms with Crippen molar-refractivity contribution >= 4 is 17.4 Å². The first-order valence-electron chi connectivity index (χ1n) is 6.65. The van der Waals surface area contributed by atoms with Crippen molar-refractivity contribution in [2.45, 2.75) is 59.4 Å². The highest BCUT2D eigenvalue weighted by Gasteiger charge is 2.28. The van der Waals surface area contributed by atoms with Gasteiger partial charge in [-0.05, 0) is 38.5 Å². The summed E-state index contributed by atoms with van der Waals surface area (Å²) in [5, 5.41) is 3.95. The van der Waals surface area contributed by atoms with Gasteiger partial charge in [-0.25, -0.2) is 9.97 Å². The van der Waals surface area contributed by atoms with E-state index < -0.39 is 0 Å². The van der Waals surface area contributed by atoms with Gasteiger partial charge in [-0.15, -0.1) is 0 Å². The standard InChI is InChI=1S/C14H22ClN3/c1-9-10(2)17-13(12(15)16-9)18-11-6-5-7-14(3,4)8-11/h11H,5-8H2,1-4H3,(H,17,18). The number of aryl methyl sites for hydroxylation is 2. The first-order chi connectivity index (χ1) is 8.37. The maximum atomic E-state index is 6.16. The highest BCUT2D eigenvalue weighted by atomic mass is 35.5. The van der Waals surface area contributed by atoms with Gasteiger partial charge in [0, 0.05) is 6.04 Å². The number of rotatable bonds is 2. The van der Waals surface area contributed by atoms with Gasteiger partial charge < -0.3 is 5.32 Å². The minimum atomic E-state index is 0.412. The second-order valence-electron chi connectivity index (χ2n) is 6.14. The van der Waals surface area contributed by atoms with Crippen molar-refractivity contribution in [2.24, 2.45) is 5.41 Å². The number of hydrogen-bond acceptors (Lipinski definition) is 3. The van der Waals surface area contributed by atoms with Crippen LogP contribution in [0.15, 0.2) is 0 Å². The van der Waals surface area contributed by atoms with E-state index in [2.05, 4.69) is 29.1 Å². The maximum absolute atomic E-state index is 6.16. The summed E-state index contributed by atoms with van der Waals surface area (Å²) in [6.07, 6.45) is 4.92. The summed E-state index contributed by atoms with van der Waals surface area (Å²) in [4.78, 5) is 8.82. The van der Waals surface area contributed by atoms with Gasteiger partial charge in [0.1, 0.15) is 0 Å². The molecule has 0 aliphatic heterocycles. The van der Waals surface area contributed by atoms with E-state index >= 15 is 0 Å². The number of nitrogens with zero attached hydrogens (tertiary/aromatic N) is 2. The van der Waals surface area contributed by atoms with E-state index in [9.17, 15) is 0 Å². The lowest BCUT2D eigenvalue weighted by atomic mass is 9.75. The summed E-state index contributed by atoms with van der Waals surface area (Å²) in [6.45, 7) is 8.55. The van der Waals surface area contributed by atoms with Crippen LogP contribution in [0.25, 0.3) is 0 Å². The molecule has 0 radical (unpaired) electrons. The second-order valence-corrected chi connectivity index (χ2v) is 6.49. The Morgan fingerprint density at radius 2 is 1.89 bits per heavy atom. The van der Waals surface area contributed by atoms with E-state index in [-0.39, 0.29) is 0 Å². The van der Waals surface area contributed by atoms with Crippen molar-refractivity contribution in [2.75, 3.05) is 5.32 Å². The van der Waals surface area contributed by atoms with E-state index in [1.165, 1.54) is 19.3 Å². The average molecular weight is 268 g/mol. The van der Waals surface area contributed by atoms with Gasteiger partial charge in [0.2, 0.25) is 0 Å². The van der Waals surface area contributed by atoms with E-state index in [0.29, 0.717) is 16.6 Å². The van der Waals surface area contributed by atoms with Crippen LogP contribution >= 0.6 is 11.6 Å². The van der Waals surface area contributed by atoms with Crippen LogP contribution < -0.4 is 5.32 Å². The molecule has 1 unspecified atom stereocenters.